The lowest BCUT2D eigenvalue weighted by Crippen LogP contribution is -2.20. The summed E-state index contributed by atoms with van der Waals surface area (Å²) < 4.78 is 7.19. The Morgan fingerprint density at radius 1 is 1.07 bits per heavy atom. The van der Waals surface area contributed by atoms with Crippen LogP contribution in [0.25, 0.3) is 0 Å². The SMILES string of the molecule is CCOC(=O)c1ccccc1C(c1cc(Br)c(O)c(Br)c1)C1C=C(Br)C(=O)C(Br)=C1. The number of phenols is 1. The molecule has 2 aromatic carbocycles. The number of carbonyl (C=O) groups is 2. The molecule has 2 aromatic rings. The number of hydrogen-bond acceptors (Lipinski definition) is 4. The highest BCUT2D eigenvalue weighted by atomic mass is 79.9. The van der Waals surface area contributed by atoms with E-state index >= 15 is 0 Å². The second kappa shape index (κ2) is 9.94. The van der Waals surface area contributed by atoms with Gasteiger partial charge in [-0.1, -0.05) is 30.4 Å². The normalized spacial score (nSPS) is 15.4. The molecule has 0 bridgehead atoms. The molecule has 1 N–H and O–H groups in total. The molecule has 0 spiro atoms. The van der Waals surface area contributed by atoms with Crippen molar-refractivity contribution < 1.29 is 19.4 Å². The summed E-state index contributed by atoms with van der Waals surface area (Å²) in [6.45, 7) is 2.03. The summed E-state index contributed by atoms with van der Waals surface area (Å²) in [5, 5.41) is 10.2. The van der Waals surface area contributed by atoms with E-state index in [1.165, 1.54) is 0 Å². The lowest BCUT2D eigenvalue weighted by atomic mass is 9.77. The molecule has 156 valence electrons. The third-order valence-electron chi connectivity index (χ3n) is 4.69. The van der Waals surface area contributed by atoms with E-state index in [1.54, 1.807) is 19.1 Å². The molecule has 0 heterocycles. The van der Waals surface area contributed by atoms with Crippen molar-refractivity contribution in [2.24, 2.45) is 5.92 Å². The number of halogens is 4. The number of ether oxygens (including phenoxy) is 1. The molecule has 0 aromatic heterocycles. The average molecular weight is 664 g/mol. The number of ketones is 1. The number of esters is 1. The van der Waals surface area contributed by atoms with Crippen LogP contribution in [-0.2, 0) is 9.53 Å². The minimum atomic E-state index is -0.409. The minimum Gasteiger partial charge on any atom is -0.506 e. The number of phenolic OH excluding ortho intramolecular Hbond substituents is 1. The molecule has 4 nitrogen and oxygen atoms in total. The van der Waals surface area contributed by atoms with E-state index in [4.69, 9.17) is 4.74 Å². The molecule has 0 amide bonds. The highest BCUT2D eigenvalue weighted by Crippen LogP contribution is 2.44. The van der Waals surface area contributed by atoms with Gasteiger partial charge in [-0.2, -0.15) is 0 Å². The molecule has 1 unspecified atom stereocenters. The van der Waals surface area contributed by atoms with Gasteiger partial charge in [-0.05, 0) is 100.0 Å². The summed E-state index contributed by atoms with van der Waals surface area (Å²) in [6.07, 6.45) is 3.66. The van der Waals surface area contributed by atoms with Crippen LogP contribution in [0.1, 0.15) is 34.3 Å². The fourth-order valence-corrected chi connectivity index (χ4v) is 5.91. The molecule has 8 heteroatoms. The molecular formula is C22H16Br4O4. The van der Waals surface area contributed by atoms with Crippen LogP contribution in [0, 0.1) is 5.92 Å². The predicted octanol–water partition coefficient (Wildman–Crippen LogP) is 6.98. The Morgan fingerprint density at radius 3 is 2.20 bits per heavy atom. The quantitative estimate of drug-likeness (QED) is 0.351. The predicted molar refractivity (Wildman–Crippen MR) is 130 cm³/mol. The van der Waals surface area contributed by atoms with Gasteiger partial charge in [-0.15, -0.1) is 0 Å². The van der Waals surface area contributed by atoms with Crippen LogP contribution in [-0.4, -0.2) is 23.5 Å². The maximum Gasteiger partial charge on any atom is 0.338 e. The van der Waals surface area contributed by atoms with Crippen molar-refractivity contribution in [1.82, 2.24) is 0 Å². The van der Waals surface area contributed by atoms with E-state index in [0.29, 0.717) is 23.5 Å². The molecule has 0 saturated carbocycles. The highest BCUT2D eigenvalue weighted by molar-refractivity contribution is 9.13. The van der Waals surface area contributed by atoms with Crippen molar-refractivity contribution in [2.45, 2.75) is 12.8 Å². The van der Waals surface area contributed by atoms with Crippen LogP contribution in [0.15, 0.2) is 66.5 Å². The number of Topliss-reactive ketones (excluding diaryl/α,β-unsaturated/α-hetero) is 1. The molecular weight excluding hydrogens is 648 g/mol. The van der Waals surface area contributed by atoms with E-state index in [2.05, 4.69) is 63.7 Å². The van der Waals surface area contributed by atoms with E-state index in [0.717, 1.165) is 11.1 Å². The summed E-state index contributed by atoms with van der Waals surface area (Å²) in [5.41, 5.74) is 2.05. The van der Waals surface area contributed by atoms with Gasteiger partial charge in [0.25, 0.3) is 0 Å². The number of benzene rings is 2. The molecule has 0 aliphatic heterocycles. The molecule has 1 aliphatic rings. The lowest BCUT2D eigenvalue weighted by molar-refractivity contribution is -0.111. The summed E-state index contributed by atoms with van der Waals surface area (Å²) in [5.74, 6) is -1.04. The van der Waals surface area contributed by atoms with Crippen molar-refractivity contribution in [3.63, 3.8) is 0 Å². The molecule has 1 atom stereocenters. The Labute approximate surface area is 207 Å². The fraction of sp³-hybridized carbons (Fsp3) is 0.182. The van der Waals surface area contributed by atoms with Gasteiger partial charge in [-0.25, -0.2) is 4.79 Å². The lowest BCUT2D eigenvalue weighted by Gasteiger charge is -2.28. The average Bonchev–Trinajstić information content (AvgIpc) is 2.71. The maximum absolute atomic E-state index is 12.7. The first-order valence-corrected chi connectivity index (χ1v) is 12.1. The topological polar surface area (TPSA) is 63.6 Å². The van der Waals surface area contributed by atoms with E-state index in [-0.39, 0.29) is 30.0 Å². The third kappa shape index (κ3) is 4.82. The van der Waals surface area contributed by atoms with Gasteiger partial charge in [0, 0.05) is 11.8 Å². The van der Waals surface area contributed by atoms with E-state index < -0.39 is 5.97 Å². The smallest absolute Gasteiger partial charge is 0.338 e. The summed E-state index contributed by atoms with van der Waals surface area (Å²) in [4.78, 5) is 24.9. The van der Waals surface area contributed by atoms with Crippen molar-refractivity contribution >= 4 is 75.5 Å². The molecule has 0 saturated heterocycles. The molecule has 30 heavy (non-hydrogen) atoms. The molecule has 3 rings (SSSR count). The number of rotatable bonds is 5. The van der Waals surface area contributed by atoms with Gasteiger partial charge in [0.1, 0.15) is 5.75 Å². The van der Waals surface area contributed by atoms with Crippen molar-refractivity contribution in [2.75, 3.05) is 6.61 Å². The first-order chi connectivity index (χ1) is 14.2. The zero-order chi connectivity index (χ0) is 22.0. The second-order valence-corrected chi connectivity index (χ2v) is 9.97. The van der Waals surface area contributed by atoms with Crippen LogP contribution >= 0.6 is 63.7 Å². The van der Waals surface area contributed by atoms with Crippen LogP contribution in [0.3, 0.4) is 0 Å². The third-order valence-corrected chi connectivity index (χ3v) is 7.14. The Kier molecular flexibility index (Phi) is 7.76. The number of allylic oxidation sites excluding steroid dienone is 4. The van der Waals surface area contributed by atoms with Gasteiger partial charge in [-0.3, -0.25) is 4.79 Å². The van der Waals surface area contributed by atoms with Crippen LogP contribution in [0.2, 0.25) is 0 Å². The first-order valence-electron chi connectivity index (χ1n) is 8.97. The van der Waals surface area contributed by atoms with Gasteiger partial charge < -0.3 is 9.84 Å². The number of hydrogen-bond donors (Lipinski definition) is 1. The monoisotopic (exact) mass is 660 g/mol. The Bertz CT molecular complexity index is 1030. The van der Waals surface area contributed by atoms with Gasteiger partial charge in [0.15, 0.2) is 0 Å². The number of carbonyl (C=O) groups excluding carboxylic acids is 2. The van der Waals surface area contributed by atoms with Crippen molar-refractivity contribution in [3.8, 4) is 5.75 Å². The summed E-state index contributed by atoms with van der Waals surface area (Å²) in [7, 11) is 0. The van der Waals surface area contributed by atoms with Gasteiger partial charge >= 0.3 is 5.97 Å². The molecule has 1 aliphatic carbocycles. The van der Waals surface area contributed by atoms with Crippen LogP contribution in [0.4, 0.5) is 0 Å². The van der Waals surface area contributed by atoms with Crippen molar-refractivity contribution in [1.29, 1.82) is 0 Å². The maximum atomic E-state index is 12.7. The Balaban J connectivity index is 2.25. The van der Waals surface area contributed by atoms with Gasteiger partial charge in [0.2, 0.25) is 5.78 Å². The van der Waals surface area contributed by atoms with E-state index in [1.807, 2.05) is 36.4 Å². The molecule has 0 fully saturated rings. The fourth-order valence-electron chi connectivity index (χ4n) is 3.38. The van der Waals surface area contributed by atoms with E-state index in [9.17, 15) is 14.7 Å². The second-order valence-electron chi connectivity index (χ2n) is 6.55. The zero-order valence-corrected chi connectivity index (χ0v) is 22.0. The summed E-state index contributed by atoms with van der Waals surface area (Å²) >= 11 is 13.5. The Morgan fingerprint density at radius 2 is 1.63 bits per heavy atom. The summed E-state index contributed by atoms with van der Waals surface area (Å²) in [6, 6.07) is 10.9. The first kappa shape index (κ1) is 23.4. The standard InChI is InChI=1S/C22H16Br4O4/c1-2-30-22(29)14-6-4-3-5-13(14)19(11-7-15(23)20(27)16(24)8-11)12-9-17(25)21(28)18(26)10-12/h3-11,19,28H,2H2,1H3. The van der Waals surface area contributed by atoms with Crippen LogP contribution in [0.5, 0.6) is 5.75 Å². The largest absolute Gasteiger partial charge is 0.506 e. The minimum absolute atomic E-state index is 0.0865. The van der Waals surface area contributed by atoms with Crippen LogP contribution < -0.4 is 0 Å². The zero-order valence-electron chi connectivity index (χ0n) is 15.7. The van der Waals surface area contributed by atoms with Gasteiger partial charge in [0.05, 0.1) is 30.1 Å². The number of aromatic hydroxyl groups is 1. The van der Waals surface area contributed by atoms with Crippen molar-refractivity contribution in [3.05, 3.63) is 83.2 Å². The Hall–Kier alpha value is -1.22. The molecule has 0 radical (unpaired) electrons. The highest BCUT2D eigenvalue weighted by Gasteiger charge is 2.31.